The first-order valence-corrected chi connectivity index (χ1v) is 9.96. The van der Waals surface area contributed by atoms with Crippen LogP contribution >= 0.6 is 22.9 Å². The molecule has 2 aromatic carbocycles. The number of benzene rings is 2. The van der Waals surface area contributed by atoms with Crippen LogP contribution in [0.3, 0.4) is 0 Å². The van der Waals surface area contributed by atoms with Gasteiger partial charge in [-0.25, -0.2) is 9.67 Å². The Morgan fingerprint density at radius 1 is 1.07 bits per heavy atom. The molecule has 4 aromatic rings. The Morgan fingerprint density at radius 2 is 1.76 bits per heavy atom. The first kappa shape index (κ1) is 19.1. The highest BCUT2D eigenvalue weighted by atomic mass is 35.5. The van der Waals surface area contributed by atoms with Crippen LogP contribution < -0.4 is 10.6 Å². The highest BCUT2D eigenvalue weighted by Crippen LogP contribution is 2.35. The van der Waals surface area contributed by atoms with Crippen LogP contribution in [-0.2, 0) is 4.79 Å². The summed E-state index contributed by atoms with van der Waals surface area (Å²) in [4.78, 5) is 29.2. The molecule has 0 saturated carbocycles. The lowest BCUT2D eigenvalue weighted by atomic mass is 10.2. The van der Waals surface area contributed by atoms with E-state index in [2.05, 4.69) is 20.7 Å². The summed E-state index contributed by atoms with van der Waals surface area (Å²) in [5.41, 5.74) is 1.21. The molecule has 0 bridgehead atoms. The van der Waals surface area contributed by atoms with Crippen LogP contribution in [0.4, 0.5) is 11.4 Å². The highest BCUT2D eigenvalue weighted by molar-refractivity contribution is 7.21. The third kappa shape index (κ3) is 3.98. The van der Waals surface area contributed by atoms with E-state index >= 15 is 0 Å². The molecule has 7 nitrogen and oxygen atoms in total. The molecule has 2 N–H and O–H groups in total. The van der Waals surface area contributed by atoms with E-state index < -0.39 is 6.04 Å². The molecule has 2 amide bonds. The van der Waals surface area contributed by atoms with E-state index in [9.17, 15) is 9.59 Å². The minimum Gasteiger partial charge on any atom is -0.324 e. The van der Waals surface area contributed by atoms with Crippen molar-refractivity contribution in [2.75, 3.05) is 10.6 Å². The number of hydrogen-bond acceptors (Lipinski definition) is 5. The van der Waals surface area contributed by atoms with E-state index in [1.165, 1.54) is 28.7 Å². The van der Waals surface area contributed by atoms with Gasteiger partial charge in [0.2, 0.25) is 5.91 Å². The average Bonchev–Trinajstić information content (AvgIpc) is 3.38. The van der Waals surface area contributed by atoms with Gasteiger partial charge in [-0.2, -0.15) is 5.10 Å². The summed E-state index contributed by atoms with van der Waals surface area (Å²) in [5.74, 6) is -0.489. The molecule has 0 aliphatic rings. The molecular weight excluding hydrogens is 410 g/mol. The molecule has 9 heteroatoms. The van der Waals surface area contributed by atoms with Crippen molar-refractivity contribution in [3.8, 4) is 0 Å². The number of anilines is 2. The van der Waals surface area contributed by atoms with E-state index in [1.54, 1.807) is 31.2 Å². The van der Waals surface area contributed by atoms with Gasteiger partial charge in [0.1, 0.15) is 23.6 Å². The summed E-state index contributed by atoms with van der Waals surface area (Å²) in [6.45, 7) is 1.73. The standard InChI is InChI=1S/C20H16ClN5O2S/c1-12(26-11-22-10-23-26)19(27)24-13-6-8-14(9-7-13)25-20(28)18-17(21)15-4-2-3-5-16(15)29-18/h2-12H,1H3,(H,24,27)(H,25,28). The summed E-state index contributed by atoms with van der Waals surface area (Å²) < 4.78 is 2.43. The number of thiophene rings is 1. The fourth-order valence-corrected chi connectivity index (χ4v) is 4.18. The van der Waals surface area contributed by atoms with Crippen molar-refractivity contribution >= 4 is 56.2 Å². The zero-order chi connectivity index (χ0) is 20.4. The quantitative estimate of drug-likeness (QED) is 0.489. The minimum atomic E-state index is -0.494. The highest BCUT2D eigenvalue weighted by Gasteiger charge is 2.18. The van der Waals surface area contributed by atoms with Gasteiger partial charge in [0, 0.05) is 21.5 Å². The van der Waals surface area contributed by atoms with Crippen LogP contribution in [0.2, 0.25) is 5.02 Å². The van der Waals surface area contributed by atoms with E-state index in [0.717, 1.165) is 10.1 Å². The Kier molecular flexibility index (Phi) is 5.28. The van der Waals surface area contributed by atoms with Gasteiger partial charge in [-0.3, -0.25) is 9.59 Å². The molecule has 2 aromatic heterocycles. The summed E-state index contributed by atoms with van der Waals surface area (Å²) in [7, 11) is 0. The zero-order valence-corrected chi connectivity index (χ0v) is 16.9. The molecule has 2 heterocycles. The number of hydrogen-bond donors (Lipinski definition) is 2. The predicted molar refractivity (Wildman–Crippen MR) is 115 cm³/mol. The summed E-state index contributed by atoms with van der Waals surface area (Å²) in [6, 6.07) is 14.0. The smallest absolute Gasteiger partial charge is 0.267 e. The maximum absolute atomic E-state index is 12.6. The summed E-state index contributed by atoms with van der Waals surface area (Å²) >= 11 is 7.71. The monoisotopic (exact) mass is 425 g/mol. The lowest BCUT2D eigenvalue weighted by molar-refractivity contribution is -0.119. The zero-order valence-electron chi connectivity index (χ0n) is 15.3. The maximum atomic E-state index is 12.6. The Labute approximate surface area is 175 Å². The van der Waals surface area contributed by atoms with Gasteiger partial charge < -0.3 is 10.6 Å². The summed E-state index contributed by atoms with van der Waals surface area (Å²) in [5, 5.41) is 10.9. The van der Waals surface area contributed by atoms with Crippen molar-refractivity contribution in [2.45, 2.75) is 13.0 Å². The Morgan fingerprint density at radius 3 is 2.41 bits per heavy atom. The largest absolute Gasteiger partial charge is 0.324 e. The SMILES string of the molecule is CC(C(=O)Nc1ccc(NC(=O)c2sc3ccccc3c2Cl)cc1)n1cncn1. The second-order valence-electron chi connectivity index (χ2n) is 6.31. The molecular formula is C20H16ClN5O2S. The third-order valence-corrected chi connectivity index (χ3v) is 6.04. The van der Waals surface area contributed by atoms with E-state index in [0.29, 0.717) is 21.3 Å². The molecule has 0 aliphatic heterocycles. The topological polar surface area (TPSA) is 88.9 Å². The average molecular weight is 426 g/mol. The van der Waals surface area contributed by atoms with Crippen LogP contribution in [0.25, 0.3) is 10.1 Å². The second kappa shape index (κ2) is 8.02. The fraction of sp³-hybridized carbons (Fsp3) is 0.100. The number of aromatic nitrogens is 3. The van der Waals surface area contributed by atoms with Gasteiger partial charge in [0.15, 0.2) is 0 Å². The van der Waals surface area contributed by atoms with Crippen molar-refractivity contribution in [2.24, 2.45) is 0 Å². The molecule has 0 fully saturated rings. The van der Waals surface area contributed by atoms with Gasteiger partial charge in [-0.15, -0.1) is 11.3 Å². The van der Waals surface area contributed by atoms with Gasteiger partial charge in [-0.05, 0) is 37.3 Å². The van der Waals surface area contributed by atoms with E-state index in [4.69, 9.17) is 11.6 Å². The molecule has 0 spiro atoms. The van der Waals surface area contributed by atoms with Gasteiger partial charge in [0.25, 0.3) is 5.91 Å². The van der Waals surface area contributed by atoms with Gasteiger partial charge in [0.05, 0.1) is 5.02 Å². The van der Waals surface area contributed by atoms with Crippen LogP contribution in [-0.4, -0.2) is 26.6 Å². The molecule has 0 saturated heterocycles. The molecule has 29 heavy (non-hydrogen) atoms. The lowest BCUT2D eigenvalue weighted by Gasteiger charge is -2.12. The Bertz CT molecular complexity index is 1170. The van der Waals surface area contributed by atoms with Crippen molar-refractivity contribution in [1.29, 1.82) is 0 Å². The number of fused-ring (bicyclic) bond motifs is 1. The van der Waals surface area contributed by atoms with Crippen molar-refractivity contribution in [1.82, 2.24) is 14.8 Å². The van der Waals surface area contributed by atoms with Crippen LogP contribution in [0.5, 0.6) is 0 Å². The third-order valence-electron chi connectivity index (χ3n) is 4.36. The number of amides is 2. The van der Waals surface area contributed by atoms with E-state index in [1.807, 2.05) is 24.3 Å². The lowest BCUT2D eigenvalue weighted by Crippen LogP contribution is -2.24. The molecule has 0 aliphatic carbocycles. The normalized spacial score (nSPS) is 11.9. The number of carbonyl (C=O) groups excluding carboxylic acids is 2. The summed E-state index contributed by atoms with van der Waals surface area (Å²) in [6.07, 6.45) is 2.87. The molecule has 1 atom stereocenters. The first-order valence-electron chi connectivity index (χ1n) is 8.76. The number of rotatable bonds is 5. The van der Waals surface area contributed by atoms with Crippen LogP contribution in [0.1, 0.15) is 22.6 Å². The fourth-order valence-electron chi connectivity index (χ4n) is 2.77. The molecule has 1 unspecified atom stereocenters. The van der Waals surface area contributed by atoms with Crippen molar-refractivity contribution < 1.29 is 9.59 Å². The first-order chi connectivity index (χ1) is 14.0. The van der Waals surface area contributed by atoms with Crippen molar-refractivity contribution in [3.63, 3.8) is 0 Å². The van der Waals surface area contributed by atoms with E-state index in [-0.39, 0.29) is 11.8 Å². The van der Waals surface area contributed by atoms with Crippen LogP contribution in [0.15, 0.2) is 61.2 Å². The Hall–Kier alpha value is -3.23. The molecule has 0 radical (unpaired) electrons. The molecule has 146 valence electrons. The Balaban J connectivity index is 1.43. The van der Waals surface area contributed by atoms with Crippen LogP contribution in [0, 0.1) is 0 Å². The van der Waals surface area contributed by atoms with Gasteiger partial charge in [-0.1, -0.05) is 29.8 Å². The maximum Gasteiger partial charge on any atom is 0.267 e. The number of nitrogens with one attached hydrogen (secondary N) is 2. The minimum absolute atomic E-state index is 0.218. The number of halogens is 1. The molecule has 4 rings (SSSR count). The second-order valence-corrected chi connectivity index (χ2v) is 7.74. The van der Waals surface area contributed by atoms with Gasteiger partial charge >= 0.3 is 0 Å². The van der Waals surface area contributed by atoms with Crippen molar-refractivity contribution in [3.05, 3.63) is 71.1 Å². The number of nitrogens with zero attached hydrogens (tertiary/aromatic N) is 3. The number of carbonyl (C=O) groups is 2. The predicted octanol–water partition coefficient (Wildman–Crippen LogP) is 4.60.